The van der Waals surface area contributed by atoms with Gasteiger partial charge in [-0.2, -0.15) is 5.10 Å². The van der Waals surface area contributed by atoms with Crippen LogP contribution in [0.15, 0.2) is 80.9 Å². The summed E-state index contributed by atoms with van der Waals surface area (Å²) >= 11 is 3.34. The zero-order valence-corrected chi connectivity index (χ0v) is 16.8. The topological polar surface area (TPSA) is 110 Å². The lowest BCUT2D eigenvalue weighted by atomic mass is 10.1. The Morgan fingerprint density at radius 1 is 1.00 bits per heavy atom. The molecule has 2 N–H and O–H groups in total. The van der Waals surface area contributed by atoms with Crippen molar-refractivity contribution in [1.82, 2.24) is 20.0 Å². The molecule has 0 radical (unpaired) electrons. The van der Waals surface area contributed by atoms with Gasteiger partial charge in [0, 0.05) is 16.1 Å². The van der Waals surface area contributed by atoms with Crippen molar-refractivity contribution in [2.45, 2.75) is 11.4 Å². The molecular weight excluding hydrogens is 448 g/mol. The molecule has 1 amide bonds. The Kier molecular flexibility index (Phi) is 6.02. The van der Waals surface area contributed by atoms with Gasteiger partial charge in [-0.3, -0.25) is 15.0 Å². The fraction of sp³-hybridized carbons (Fsp3) is 0.0556. The van der Waals surface area contributed by atoms with E-state index >= 15 is 0 Å². The first-order valence-corrected chi connectivity index (χ1v) is 10.3. The van der Waals surface area contributed by atoms with Gasteiger partial charge in [0.25, 0.3) is 21.5 Å². The third-order valence-electron chi connectivity index (χ3n) is 3.68. The lowest BCUT2D eigenvalue weighted by molar-refractivity contribution is -0.122. The van der Waals surface area contributed by atoms with Gasteiger partial charge in [-0.05, 0) is 30.3 Å². The summed E-state index contributed by atoms with van der Waals surface area (Å²) in [7, 11) is -3.91. The van der Waals surface area contributed by atoms with Gasteiger partial charge in [0.15, 0.2) is 0 Å². The van der Waals surface area contributed by atoms with Crippen LogP contribution in [0.25, 0.3) is 11.3 Å². The molecule has 144 valence electrons. The predicted molar refractivity (Wildman–Crippen MR) is 107 cm³/mol. The predicted octanol–water partition coefficient (Wildman–Crippen LogP) is 1.68. The van der Waals surface area contributed by atoms with Crippen molar-refractivity contribution in [3.05, 3.63) is 81.6 Å². The Morgan fingerprint density at radius 3 is 2.36 bits per heavy atom. The third kappa shape index (κ3) is 4.91. The highest BCUT2D eigenvalue weighted by molar-refractivity contribution is 9.10. The lowest BCUT2D eigenvalue weighted by Crippen LogP contribution is -2.44. The van der Waals surface area contributed by atoms with E-state index in [0.717, 1.165) is 14.7 Å². The molecule has 28 heavy (non-hydrogen) atoms. The summed E-state index contributed by atoms with van der Waals surface area (Å²) < 4.78 is 26.1. The summed E-state index contributed by atoms with van der Waals surface area (Å²) in [5.41, 5.74) is 2.87. The van der Waals surface area contributed by atoms with Crippen LogP contribution in [-0.2, 0) is 21.4 Å². The normalized spacial score (nSPS) is 11.2. The van der Waals surface area contributed by atoms with Crippen LogP contribution in [0.4, 0.5) is 0 Å². The summed E-state index contributed by atoms with van der Waals surface area (Å²) in [6.45, 7) is -0.444. The van der Waals surface area contributed by atoms with Crippen LogP contribution in [-0.4, -0.2) is 24.1 Å². The number of carbonyl (C=O) groups excluding carboxylic acids is 1. The average Bonchev–Trinajstić information content (AvgIpc) is 2.69. The molecule has 0 aliphatic carbocycles. The van der Waals surface area contributed by atoms with Gasteiger partial charge < -0.3 is 0 Å². The molecule has 0 fully saturated rings. The van der Waals surface area contributed by atoms with Crippen molar-refractivity contribution in [1.29, 1.82) is 0 Å². The zero-order chi connectivity index (χ0) is 20.1. The number of rotatable bonds is 6. The van der Waals surface area contributed by atoms with E-state index in [2.05, 4.69) is 26.5 Å². The van der Waals surface area contributed by atoms with Gasteiger partial charge in [0.2, 0.25) is 0 Å². The highest BCUT2D eigenvalue weighted by Gasteiger charge is 2.15. The lowest BCUT2D eigenvalue weighted by Gasteiger charge is -2.10. The van der Waals surface area contributed by atoms with Crippen molar-refractivity contribution >= 4 is 31.9 Å². The average molecular weight is 463 g/mol. The number of amides is 1. The van der Waals surface area contributed by atoms with E-state index in [4.69, 9.17) is 0 Å². The molecule has 0 atom stereocenters. The van der Waals surface area contributed by atoms with Crippen molar-refractivity contribution in [2.75, 3.05) is 0 Å². The van der Waals surface area contributed by atoms with Crippen LogP contribution in [0.1, 0.15) is 0 Å². The largest absolute Gasteiger partial charge is 0.276 e. The Bertz CT molecular complexity index is 1150. The number of halogens is 1. The second-order valence-corrected chi connectivity index (χ2v) is 8.29. The Balaban J connectivity index is 1.71. The van der Waals surface area contributed by atoms with E-state index in [1.807, 2.05) is 29.1 Å². The Hall–Kier alpha value is -2.82. The van der Waals surface area contributed by atoms with E-state index in [1.165, 1.54) is 18.2 Å². The minimum absolute atomic E-state index is 0.00262. The van der Waals surface area contributed by atoms with Crippen LogP contribution in [0.3, 0.4) is 0 Å². The van der Waals surface area contributed by atoms with E-state index < -0.39 is 28.0 Å². The molecular formula is C18H15BrN4O4S. The van der Waals surface area contributed by atoms with E-state index in [9.17, 15) is 18.0 Å². The Morgan fingerprint density at radius 2 is 1.68 bits per heavy atom. The molecule has 0 saturated heterocycles. The number of sulfonamides is 1. The van der Waals surface area contributed by atoms with Crippen LogP contribution in [0, 0.1) is 0 Å². The molecule has 0 bridgehead atoms. The minimum atomic E-state index is -3.91. The summed E-state index contributed by atoms with van der Waals surface area (Å²) in [6.07, 6.45) is 0. The molecule has 0 aliphatic rings. The minimum Gasteiger partial charge on any atom is -0.276 e. The standard InChI is InChI=1S/C18H15BrN4O4S/c19-14-8-6-13(7-9-14)16-10-11-18(25)23(21-16)12-17(24)20-22-28(26,27)15-4-2-1-3-5-15/h1-11,22H,12H2,(H,20,24). The highest BCUT2D eigenvalue weighted by atomic mass is 79.9. The highest BCUT2D eigenvalue weighted by Crippen LogP contribution is 2.18. The number of nitrogens with zero attached hydrogens (tertiary/aromatic N) is 2. The second-order valence-electron chi connectivity index (χ2n) is 5.69. The van der Waals surface area contributed by atoms with E-state index in [-0.39, 0.29) is 4.90 Å². The molecule has 3 aromatic rings. The van der Waals surface area contributed by atoms with Gasteiger partial charge in [-0.25, -0.2) is 13.1 Å². The van der Waals surface area contributed by atoms with Gasteiger partial charge in [-0.1, -0.05) is 46.3 Å². The van der Waals surface area contributed by atoms with Crippen molar-refractivity contribution in [3.63, 3.8) is 0 Å². The molecule has 0 saturated carbocycles. The molecule has 1 aromatic heterocycles. The number of hydrogen-bond donors (Lipinski definition) is 2. The fourth-order valence-electron chi connectivity index (χ4n) is 2.30. The van der Waals surface area contributed by atoms with Crippen molar-refractivity contribution in [3.8, 4) is 11.3 Å². The Labute approximate surface area is 169 Å². The monoisotopic (exact) mass is 462 g/mol. The second kappa shape index (κ2) is 8.46. The molecule has 2 aromatic carbocycles. The van der Waals surface area contributed by atoms with E-state index in [0.29, 0.717) is 5.69 Å². The molecule has 0 spiro atoms. The maximum absolute atomic E-state index is 12.1. The summed E-state index contributed by atoms with van der Waals surface area (Å²) in [4.78, 5) is 26.1. The summed E-state index contributed by atoms with van der Waals surface area (Å²) in [5, 5.41) is 4.17. The van der Waals surface area contributed by atoms with Gasteiger partial charge >= 0.3 is 0 Å². The first kappa shape index (κ1) is 19.9. The molecule has 8 nitrogen and oxygen atoms in total. The number of carbonyl (C=O) groups is 1. The zero-order valence-electron chi connectivity index (χ0n) is 14.4. The van der Waals surface area contributed by atoms with Crippen LogP contribution in [0.5, 0.6) is 0 Å². The van der Waals surface area contributed by atoms with Crippen molar-refractivity contribution < 1.29 is 13.2 Å². The number of hydrogen-bond acceptors (Lipinski definition) is 5. The van der Waals surface area contributed by atoms with Gasteiger partial charge in [0.05, 0.1) is 10.6 Å². The van der Waals surface area contributed by atoms with Crippen LogP contribution < -0.4 is 15.8 Å². The first-order valence-electron chi connectivity index (χ1n) is 8.05. The molecule has 0 unspecified atom stereocenters. The molecule has 3 rings (SSSR count). The molecule has 1 heterocycles. The molecule has 10 heteroatoms. The summed E-state index contributed by atoms with van der Waals surface area (Å²) in [6, 6.07) is 17.7. The maximum atomic E-state index is 12.1. The molecule has 0 aliphatic heterocycles. The number of aromatic nitrogens is 2. The van der Waals surface area contributed by atoms with Gasteiger partial charge in [-0.15, -0.1) is 4.83 Å². The summed E-state index contributed by atoms with van der Waals surface area (Å²) in [5.74, 6) is -0.734. The van der Waals surface area contributed by atoms with Crippen molar-refractivity contribution in [2.24, 2.45) is 0 Å². The first-order chi connectivity index (χ1) is 13.3. The third-order valence-corrected chi connectivity index (χ3v) is 5.47. The quantitative estimate of drug-likeness (QED) is 0.541. The number of hydrazine groups is 1. The number of nitrogens with one attached hydrogen (secondary N) is 2. The number of benzene rings is 2. The van der Waals surface area contributed by atoms with Crippen LogP contribution >= 0.6 is 15.9 Å². The smallest absolute Gasteiger partial charge is 0.267 e. The fourth-order valence-corrected chi connectivity index (χ4v) is 3.44. The van der Waals surface area contributed by atoms with E-state index in [1.54, 1.807) is 24.3 Å². The van der Waals surface area contributed by atoms with Crippen LogP contribution in [0.2, 0.25) is 0 Å². The van der Waals surface area contributed by atoms with Gasteiger partial charge in [0.1, 0.15) is 6.54 Å². The SMILES string of the molecule is O=C(Cn1nc(-c2ccc(Br)cc2)ccc1=O)NNS(=O)(=O)c1ccccc1. The maximum Gasteiger partial charge on any atom is 0.267 e.